The molecule has 1 fully saturated rings. The van der Waals surface area contributed by atoms with Crippen LogP contribution in [0.4, 0.5) is 0 Å². The molecule has 0 aliphatic carbocycles. The van der Waals surface area contributed by atoms with Crippen LogP contribution in [0, 0.1) is 0 Å². The summed E-state index contributed by atoms with van der Waals surface area (Å²) < 4.78 is 0. The van der Waals surface area contributed by atoms with Crippen molar-refractivity contribution in [3.63, 3.8) is 0 Å². The van der Waals surface area contributed by atoms with E-state index in [1.807, 2.05) is 30.3 Å². The number of likely N-dealkylation sites (tertiary alicyclic amines) is 1. The van der Waals surface area contributed by atoms with Crippen molar-refractivity contribution in [1.82, 2.24) is 10.2 Å². The minimum atomic E-state index is 0.00928. The fraction of sp³-hybridized carbons (Fsp3) is 0.353. The second-order valence-corrected chi connectivity index (χ2v) is 6.17. The number of carbonyl (C=O) groups excluding carboxylic acids is 1. The fourth-order valence-electron chi connectivity index (χ4n) is 2.86. The van der Waals surface area contributed by atoms with E-state index in [9.17, 15) is 4.79 Å². The molecule has 1 aliphatic heterocycles. The van der Waals surface area contributed by atoms with Gasteiger partial charge in [0, 0.05) is 12.1 Å². The van der Waals surface area contributed by atoms with E-state index < -0.39 is 0 Å². The zero-order valence-corrected chi connectivity index (χ0v) is 12.8. The zero-order chi connectivity index (χ0) is 14.5. The summed E-state index contributed by atoms with van der Waals surface area (Å²) >= 11 is 1.72. The van der Waals surface area contributed by atoms with E-state index in [0.717, 1.165) is 18.7 Å². The van der Waals surface area contributed by atoms with Gasteiger partial charge < -0.3 is 5.32 Å². The summed E-state index contributed by atoms with van der Waals surface area (Å²) in [6.07, 6.45) is 2.51. The third-order valence-electron chi connectivity index (χ3n) is 4.00. The number of carbonyl (C=O) groups is 1. The zero-order valence-electron chi connectivity index (χ0n) is 12.0. The Labute approximate surface area is 129 Å². The number of hydrogen-bond acceptors (Lipinski definition) is 3. The molecule has 1 aromatic heterocycles. The van der Waals surface area contributed by atoms with E-state index in [4.69, 9.17) is 0 Å². The number of benzene rings is 1. The average Bonchev–Trinajstić information content (AvgIpc) is 3.22. The minimum absolute atomic E-state index is 0.00928. The summed E-state index contributed by atoms with van der Waals surface area (Å²) in [6.45, 7) is 2.92. The van der Waals surface area contributed by atoms with E-state index in [-0.39, 0.29) is 5.91 Å². The molecule has 0 spiro atoms. The molecule has 0 radical (unpaired) electrons. The topological polar surface area (TPSA) is 32.3 Å². The van der Waals surface area contributed by atoms with Crippen LogP contribution in [0.1, 0.15) is 34.8 Å². The molecule has 1 aromatic carbocycles. The Bertz CT molecular complexity index is 562. The highest BCUT2D eigenvalue weighted by atomic mass is 32.1. The fourth-order valence-corrected chi connectivity index (χ4v) is 3.56. The molecular weight excluding hydrogens is 280 g/mol. The lowest BCUT2D eigenvalue weighted by atomic mass is 10.1. The first-order valence-corrected chi connectivity index (χ1v) is 8.38. The number of nitrogens with zero attached hydrogens (tertiary/aromatic N) is 1. The predicted molar refractivity (Wildman–Crippen MR) is 86.6 cm³/mol. The molecule has 110 valence electrons. The largest absolute Gasteiger partial charge is 0.350 e. The highest BCUT2D eigenvalue weighted by molar-refractivity contribution is 7.07. The second kappa shape index (κ2) is 6.87. The molecule has 3 rings (SSSR count). The van der Waals surface area contributed by atoms with E-state index >= 15 is 0 Å². The van der Waals surface area contributed by atoms with Crippen LogP contribution in [-0.4, -0.2) is 30.4 Å². The van der Waals surface area contributed by atoms with Crippen molar-refractivity contribution in [3.05, 3.63) is 58.3 Å². The molecule has 3 nitrogen and oxygen atoms in total. The maximum atomic E-state index is 12.2. The predicted octanol–water partition coefficient (Wildman–Crippen LogP) is 3.32. The summed E-state index contributed by atoms with van der Waals surface area (Å²) in [7, 11) is 0. The van der Waals surface area contributed by atoms with Crippen molar-refractivity contribution >= 4 is 17.2 Å². The van der Waals surface area contributed by atoms with Crippen LogP contribution in [-0.2, 0) is 0 Å². The van der Waals surface area contributed by atoms with Crippen LogP contribution in [0.15, 0.2) is 47.2 Å². The minimum Gasteiger partial charge on any atom is -0.350 e. The summed E-state index contributed by atoms with van der Waals surface area (Å²) in [4.78, 5) is 14.7. The van der Waals surface area contributed by atoms with Gasteiger partial charge in [-0.25, -0.2) is 0 Å². The first kappa shape index (κ1) is 14.3. The van der Waals surface area contributed by atoms with Crippen LogP contribution in [0.3, 0.4) is 0 Å². The van der Waals surface area contributed by atoms with Crippen LogP contribution >= 0.6 is 11.3 Å². The van der Waals surface area contributed by atoms with Gasteiger partial charge in [0.05, 0.1) is 6.04 Å². The summed E-state index contributed by atoms with van der Waals surface area (Å²) in [5.74, 6) is 0.00928. The number of hydrogen-bond donors (Lipinski definition) is 1. The molecule has 0 bridgehead atoms. The van der Waals surface area contributed by atoms with Crippen molar-refractivity contribution in [1.29, 1.82) is 0 Å². The van der Waals surface area contributed by atoms with Crippen molar-refractivity contribution < 1.29 is 4.79 Å². The molecule has 1 amide bonds. The molecule has 4 heteroatoms. The number of amides is 1. The molecular formula is C17H20N2OS. The number of rotatable bonds is 5. The van der Waals surface area contributed by atoms with Gasteiger partial charge in [-0.15, -0.1) is 0 Å². The average molecular weight is 300 g/mol. The van der Waals surface area contributed by atoms with Gasteiger partial charge in [-0.05, 0) is 60.5 Å². The van der Waals surface area contributed by atoms with Gasteiger partial charge in [-0.2, -0.15) is 11.3 Å². The Morgan fingerprint density at radius 1 is 1.19 bits per heavy atom. The van der Waals surface area contributed by atoms with E-state index in [2.05, 4.69) is 27.0 Å². The monoisotopic (exact) mass is 300 g/mol. The van der Waals surface area contributed by atoms with Gasteiger partial charge in [0.2, 0.25) is 0 Å². The maximum Gasteiger partial charge on any atom is 0.251 e. The molecule has 1 aliphatic rings. The van der Waals surface area contributed by atoms with Crippen molar-refractivity contribution in [2.75, 3.05) is 19.6 Å². The van der Waals surface area contributed by atoms with E-state index in [0.29, 0.717) is 12.6 Å². The van der Waals surface area contributed by atoms with E-state index in [1.165, 1.54) is 18.4 Å². The second-order valence-electron chi connectivity index (χ2n) is 5.39. The third-order valence-corrected chi connectivity index (χ3v) is 4.70. The van der Waals surface area contributed by atoms with Gasteiger partial charge >= 0.3 is 0 Å². The highest BCUT2D eigenvalue weighted by Crippen LogP contribution is 2.26. The van der Waals surface area contributed by atoms with Crippen molar-refractivity contribution in [2.45, 2.75) is 18.9 Å². The van der Waals surface area contributed by atoms with E-state index in [1.54, 1.807) is 11.3 Å². The first-order chi connectivity index (χ1) is 10.3. The maximum absolute atomic E-state index is 12.2. The molecule has 0 saturated carbocycles. The Morgan fingerprint density at radius 3 is 2.62 bits per heavy atom. The summed E-state index contributed by atoms with van der Waals surface area (Å²) in [5.41, 5.74) is 2.04. The van der Waals surface area contributed by atoms with Crippen LogP contribution in [0.5, 0.6) is 0 Å². The molecule has 0 unspecified atom stereocenters. The lowest BCUT2D eigenvalue weighted by Crippen LogP contribution is -2.36. The lowest BCUT2D eigenvalue weighted by Gasteiger charge is -2.27. The SMILES string of the molecule is O=C(NC[C@@H](c1ccsc1)N1CCCC1)c1ccccc1. The Morgan fingerprint density at radius 2 is 1.95 bits per heavy atom. The molecule has 2 aromatic rings. The number of thiophene rings is 1. The van der Waals surface area contributed by atoms with Crippen LogP contribution in [0.25, 0.3) is 0 Å². The Hall–Kier alpha value is -1.65. The lowest BCUT2D eigenvalue weighted by molar-refractivity contribution is 0.0938. The third kappa shape index (κ3) is 3.52. The van der Waals surface area contributed by atoms with Crippen LogP contribution in [0.2, 0.25) is 0 Å². The number of nitrogens with one attached hydrogen (secondary N) is 1. The first-order valence-electron chi connectivity index (χ1n) is 7.44. The standard InChI is InChI=1S/C17H20N2OS/c20-17(14-6-2-1-3-7-14)18-12-16(15-8-11-21-13-15)19-9-4-5-10-19/h1-3,6-8,11,13,16H,4-5,9-10,12H2,(H,18,20)/t16-/m0/s1. The molecule has 1 N–H and O–H groups in total. The molecule has 1 atom stereocenters. The van der Waals surface area contributed by atoms with Crippen LogP contribution < -0.4 is 5.32 Å². The van der Waals surface area contributed by atoms with Gasteiger partial charge in [-0.1, -0.05) is 18.2 Å². The summed E-state index contributed by atoms with van der Waals surface area (Å²) in [6, 6.07) is 11.9. The van der Waals surface area contributed by atoms with Crippen molar-refractivity contribution in [3.8, 4) is 0 Å². The molecule has 21 heavy (non-hydrogen) atoms. The van der Waals surface area contributed by atoms with Gasteiger partial charge in [0.15, 0.2) is 0 Å². The quantitative estimate of drug-likeness (QED) is 0.919. The molecule has 1 saturated heterocycles. The Kier molecular flexibility index (Phi) is 4.68. The van der Waals surface area contributed by atoms with Crippen molar-refractivity contribution in [2.24, 2.45) is 0 Å². The van der Waals surface area contributed by atoms with Gasteiger partial charge in [0.1, 0.15) is 0 Å². The molecule has 2 heterocycles. The summed E-state index contributed by atoms with van der Waals surface area (Å²) in [5, 5.41) is 7.39. The van der Waals surface area contributed by atoms with Gasteiger partial charge in [0.25, 0.3) is 5.91 Å². The van der Waals surface area contributed by atoms with Gasteiger partial charge in [-0.3, -0.25) is 9.69 Å². The Balaban J connectivity index is 1.66. The smallest absolute Gasteiger partial charge is 0.251 e. The highest BCUT2D eigenvalue weighted by Gasteiger charge is 2.24. The normalized spacial score (nSPS) is 16.8.